The highest BCUT2D eigenvalue weighted by Crippen LogP contribution is 2.14. The van der Waals surface area contributed by atoms with Gasteiger partial charge in [-0.25, -0.2) is 13.1 Å². The number of nitrogens with two attached hydrogens (primary N) is 1. The first kappa shape index (κ1) is 13.3. The monoisotopic (exact) mass is 264 g/mol. The molecule has 0 fully saturated rings. The number of anilines is 1. The minimum absolute atomic E-state index is 0.0277. The zero-order chi connectivity index (χ0) is 12.2. The average Bonchev–Trinajstić information content (AvgIpc) is 2.53. The smallest absolute Gasteiger partial charge is 0.245 e. The molecule has 1 heterocycles. The molecular weight excluding hydrogens is 248 g/mol. The molecular formula is C8H16N4O2S2. The van der Waals surface area contributed by atoms with Crippen molar-refractivity contribution in [1.82, 2.24) is 14.5 Å². The van der Waals surface area contributed by atoms with Gasteiger partial charge in [0.2, 0.25) is 10.0 Å². The Hall–Kier alpha value is -0.730. The fourth-order valence-electron chi connectivity index (χ4n) is 1.19. The van der Waals surface area contributed by atoms with Crippen LogP contribution in [0.25, 0.3) is 0 Å². The largest absolute Gasteiger partial charge is 0.381 e. The summed E-state index contributed by atoms with van der Waals surface area (Å²) >= 11 is 1.68. The molecule has 0 amide bonds. The Morgan fingerprint density at radius 2 is 2.31 bits per heavy atom. The fourth-order valence-corrected chi connectivity index (χ4v) is 2.80. The molecule has 16 heavy (non-hydrogen) atoms. The van der Waals surface area contributed by atoms with Gasteiger partial charge in [-0.15, -0.1) is 0 Å². The Balaban J connectivity index is 2.67. The van der Waals surface area contributed by atoms with Crippen LogP contribution in [0, 0.1) is 0 Å². The van der Waals surface area contributed by atoms with Crippen LogP contribution in [0.3, 0.4) is 0 Å². The van der Waals surface area contributed by atoms with E-state index in [-0.39, 0.29) is 10.7 Å². The van der Waals surface area contributed by atoms with Gasteiger partial charge in [0, 0.05) is 19.8 Å². The van der Waals surface area contributed by atoms with Gasteiger partial charge in [0.25, 0.3) is 0 Å². The third kappa shape index (κ3) is 3.39. The molecule has 1 rings (SSSR count). The molecule has 0 bridgehead atoms. The second-order valence-electron chi connectivity index (χ2n) is 3.30. The highest BCUT2D eigenvalue weighted by atomic mass is 32.2. The lowest BCUT2D eigenvalue weighted by Crippen LogP contribution is -2.25. The average molecular weight is 264 g/mol. The number of hydrogen-bond acceptors (Lipinski definition) is 5. The summed E-state index contributed by atoms with van der Waals surface area (Å²) < 4.78 is 27.4. The maximum atomic E-state index is 11.8. The molecule has 0 aliphatic rings. The maximum Gasteiger partial charge on any atom is 0.245 e. The molecule has 92 valence electrons. The van der Waals surface area contributed by atoms with Gasteiger partial charge in [0.1, 0.15) is 4.90 Å². The van der Waals surface area contributed by atoms with Crippen LogP contribution < -0.4 is 10.5 Å². The Morgan fingerprint density at radius 1 is 1.62 bits per heavy atom. The van der Waals surface area contributed by atoms with Crippen LogP contribution >= 0.6 is 11.8 Å². The van der Waals surface area contributed by atoms with Crippen LogP contribution in [-0.2, 0) is 17.1 Å². The van der Waals surface area contributed by atoms with E-state index in [4.69, 9.17) is 5.73 Å². The minimum Gasteiger partial charge on any atom is -0.381 e. The molecule has 0 spiro atoms. The van der Waals surface area contributed by atoms with Gasteiger partial charge in [-0.3, -0.25) is 4.68 Å². The molecule has 6 nitrogen and oxygen atoms in total. The van der Waals surface area contributed by atoms with Crippen molar-refractivity contribution in [2.45, 2.75) is 11.3 Å². The van der Waals surface area contributed by atoms with Crippen molar-refractivity contribution in [3.8, 4) is 0 Å². The van der Waals surface area contributed by atoms with Gasteiger partial charge >= 0.3 is 0 Å². The standard InChI is InChI=1S/C8H16N4O2S2/c1-12-6-7(8(9)11-12)16(13,14)10-4-3-5-15-2/h6,10H,3-5H2,1-2H3,(H2,9,11). The van der Waals surface area contributed by atoms with E-state index in [0.29, 0.717) is 6.54 Å². The third-order valence-electron chi connectivity index (χ3n) is 1.93. The topological polar surface area (TPSA) is 90.0 Å². The SMILES string of the molecule is CSCCCNS(=O)(=O)c1cn(C)nc1N. The number of thioether (sulfide) groups is 1. The molecule has 0 atom stereocenters. The van der Waals surface area contributed by atoms with Crippen molar-refractivity contribution in [1.29, 1.82) is 0 Å². The Bertz CT molecular complexity index is 441. The Labute approximate surface area is 99.6 Å². The number of rotatable bonds is 6. The molecule has 0 unspecified atom stereocenters. The Kier molecular flexibility index (Phi) is 4.63. The van der Waals surface area contributed by atoms with Crippen LogP contribution in [0.1, 0.15) is 6.42 Å². The summed E-state index contributed by atoms with van der Waals surface area (Å²) in [6.45, 7) is 0.414. The summed E-state index contributed by atoms with van der Waals surface area (Å²) in [5.41, 5.74) is 5.50. The second-order valence-corrected chi connectivity index (χ2v) is 6.02. The van der Waals surface area contributed by atoms with Gasteiger partial charge in [-0.2, -0.15) is 16.9 Å². The van der Waals surface area contributed by atoms with Crippen LogP contribution in [0.2, 0.25) is 0 Å². The lowest BCUT2D eigenvalue weighted by atomic mass is 10.5. The molecule has 0 aliphatic heterocycles. The van der Waals surface area contributed by atoms with Crippen molar-refractivity contribution in [3.05, 3.63) is 6.20 Å². The van der Waals surface area contributed by atoms with E-state index in [0.717, 1.165) is 12.2 Å². The van der Waals surface area contributed by atoms with Crippen LogP contribution in [0.4, 0.5) is 5.82 Å². The van der Waals surface area contributed by atoms with Crippen molar-refractivity contribution in [2.75, 3.05) is 24.3 Å². The summed E-state index contributed by atoms with van der Waals surface area (Å²) in [6.07, 6.45) is 4.17. The van der Waals surface area contributed by atoms with E-state index in [1.54, 1.807) is 18.8 Å². The summed E-state index contributed by atoms with van der Waals surface area (Å²) in [6, 6.07) is 0. The predicted octanol–water partition coefficient (Wildman–Crippen LogP) is 0.0337. The van der Waals surface area contributed by atoms with Crippen LogP contribution in [0.5, 0.6) is 0 Å². The fraction of sp³-hybridized carbons (Fsp3) is 0.625. The first-order chi connectivity index (χ1) is 7.47. The summed E-state index contributed by atoms with van der Waals surface area (Å²) in [4.78, 5) is 0.0409. The van der Waals surface area contributed by atoms with E-state index >= 15 is 0 Å². The van der Waals surface area contributed by atoms with Crippen LogP contribution in [-0.4, -0.2) is 36.8 Å². The number of aryl methyl sites for hydroxylation is 1. The van der Waals surface area contributed by atoms with E-state index < -0.39 is 10.0 Å². The summed E-state index contributed by atoms with van der Waals surface area (Å²) in [5.74, 6) is 0.949. The van der Waals surface area contributed by atoms with Gasteiger partial charge in [0.05, 0.1) is 0 Å². The second kappa shape index (κ2) is 5.55. The van der Waals surface area contributed by atoms with E-state index in [1.165, 1.54) is 10.9 Å². The molecule has 0 radical (unpaired) electrons. The van der Waals surface area contributed by atoms with Gasteiger partial charge in [0.15, 0.2) is 5.82 Å². The maximum absolute atomic E-state index is 11.8. The zero-order valence-corrected chi connectivity index (χ0v) is 10.9. The molecule has 3 N–H and O–H groups in total. The van der Waals surface area contributed by atoms with Gasteiger partial charge < -0.3 is 5.73 Å². The first-order valence-corrected chi connectivity index (χ1v) is 7.63. The van der Waals surface area contributed by atoms with E-state index in [9.17, 15) is 8.42 Å². The third-order valence-corrected chi connectivity index (χ3v) is 4.10. The Morgan fingerprint density at radius 3 is 2.81 bits per heavy atom. The van der Waals surface area contributed by atoms with Crippen LogP contribution in [0.15, 0.2) is 11.1 Å². The summed E-state index contributed by atoms with van der Waals surface area (Å²) in [5, 5.41) is 3.79. The predicted molar refractivity (Wildman–Crippen MR) is 65.8 cm³/mol. The van der Waals surface area contributed by atoms with E-state index in [2.05, 4.69) is 9.82 Å². The zero-order valence-electron chi connectivity index (χ0n) is 9.30. The lowest BCUT2D eigenvalue weighted by Gasteiger charge is -2.04. The number of hydrogen-bond donors (Lipinski definition) is 2. The summed E-state index contributed by atoms with van der Waals surface area (Å²) in [7, 11) is -1.89. The molecule has 8 heteroatoms. The molecule has 0 aliphatic carbocycles. The molecule has 0 aromatic carbocycles. The number of sulfonamides is 1. The quantitative estimate of drug-likeness (QED) is 0.708. The van der Waals surface area contributed by atoms with Gasteiger partial charge in [-0.05, 0) is 18.4 Å². The highest BCUT2D eigenvalue weighted by Gasteiger charge is 2.19. The van der Waals surface area contributed by atoms with E-state index in [1.807, 2.05) is 6.26 Å². The van der Waals surface area contributed by atoms with Crippen molar-refractivity contribution < 1.29 is 8.42 Å². The molecule has 1 aromatic rings. The number of nitrogens with zero attached hydrogens (tertiary/aromatic N) is 2. The molecule has 0 saturated carbocycles. The normalized spacial score (nSPS) is 11.9. The minimum atomic E-state index is -3.52. The lowest BCUT2D eigenvalue weighted by molar-refractivity contribution is 0.581. The number of aromatic nitrogens is 2. The highest BCUT2D eigenvalue weighted by molar-refractivity contribution is 7.98. The first-order valence-electron chi connectivity index (χ1n) is 4.75. The molecule has 1 aromatic heterocycles. The van der Waals surface area contributed by atoms with Crippen molar-refractivity contribution >= 4 is 27.6 Å². The number of nitrogens with one attached hydrogen (secondary N) is 1. The van der Waals surface area contributed by atoms with Gasteiger partial charge in [-0.1, -0.05) is 0 Å². The van der Waals surface area contributed by atoms with Crippen molar-refractivity contribution in [3.63, 3.8) is 0 Å². The number of nitrogen functional groups attached to an aromatic ring is 1. The molecule has 0 saturated heterocycles. The van der Waals surface area contributed by atoms with Crippen molar-refractivity contribution in [2.24, 2.45) is 7.05 Å².